The molecule has 1 fully saturated rings. The number of nitrogens with zero attached hydrogens (tertiary/aromatic N) is 2. The van der Waals surface area contributed by atoms with Crippen molar-refractivity contribution in [3.05, 3.63) is 81.8 Å². The molecule has 0 atom stereocenters. The highest BCUT2D eigenvalue weighted by Crippen LogP contribution is 2.30. The minimum Gasteiger partial charge on any atom is -0.307 e. The fraction of sp³-hybridized carbons (Fsp3) is 0.0500. The van der Waals surface area contributed by atoms with Crippen LogP contribution in [0, 0.1) is 0 Å². The average molecular weight is 412 g/mol. The number of halogens is 1. The number of thioether (sulfide) groups is 1. The highest BCUT2D eigenvalue weighted by Gasteiger charge is 2.23. The van der Waals surface area contributed by atoms with E-state index in [0.29, 0.717) is 20.8 Å². The van der Waals surface area contributed by atoms with Gasteiger partial charge in [-0.3, -0.25) is 9.48 Å². The molecule has 4 nitrogen and oxygen atoms in total. The minimum absolute atomic E-state index is 0.178. The molecule has 1 aliphatic rings. The molecule has 134 valence electrons. The number of nitrogens with one attached hydrogen (secondary N) is 1. The van der Waals surface area contributed by atoms with Gasteiger partial charge >= 0.3 is 0 Å². The van der Waals surface area contributed by atoms with Crippen molar-refractivity contribution in [1.82, 2.24) is 15.1 Å². The number of hydrogen-bond acceptors (Lipinski definition) is 4. The minimum atomic E-state index is -0.178. The van der Waals surface area contributed by atoms with Gasteiger partial charge in [-0.2, -0.15) is 5.10 Å². The fourth-order valence-corrected chi connectivity index (χ4v) is 3.95. The molecule has 0 saturated carbocycles. The van der Waals surface area contributed by atoms with Gasteiger partial charge in [0.2, 0.25) is 0 Å². The van der Waals surface area contributed by atoms with Crippen LogP contribution in [0.2, 0.25) is 5.02 Å². The first kappa shape index (κ1) is 18.0. The van der Waals surface area contributed by atoms with Gasteiger partial charge in [0.05, 0.1) is 17.1 Å². The number of rotatable bonds is 4. The third-order valence-corrected chi connectivity index (χ3v) is 5.44. The zero-order valence-electron chi connectivity index (χ0n) is 14.1. The Hall–Kier alpha value is -2.41. The maximum Gasteiger partial charge on any atom is 0.263 e. The van der Waals surface area contributed by atoms with E-state index in [1.165, 1.54) is 11.8 Å². The van der Waals surface area contributed by atoms with Crippen LogP contribution >= 0.6 is 35.6 Å². The molecule has 1 aliphatic heterocycles. The van der Waals surface area contributed by atoms with E-state index in [-0.39, 0.29) is 5.91 Å². The molecular weight excluding hydrogens is 398 g/mol. The average Bonchev–Trinajstić information content (AvgIpc) is 3.19. The molecule has 0 bridgehead atoms. The maximum atomic E-state index is 12.0. The lowest BCUT2D eigenvalue weighted by atomic mass is 10.1. The molecule has 3 aromatic rings. The van der Waals surface area contributed by atoms with E-state index in [1.54, 1.807) is 0 Å². The molecule has 1 amide bonds. The van der Waals surface area contributed by atoms with Crippen LogP contribution in [0.3, 0.4) is 0 Å². The Balaban J connectivity index is 1.75. The normalized spacial score (nSPS) is 15.4. The summed E-state index contributed by atoms with van der Waals surface area (Å²) in [5.41, 5.74) is 3.73. The van der Waals surface area contributed by atoms with Crippen molar-refractivity contribution in [1.29, 1.82) is 0 Å². The smallest absolute Gasteiger partial charge is 0.263 e. The zero-order valence-corrected chi connectivity index (χ0v) is 16.4. The lowest BCUT2D eigenvalue weighted by Gasteiger charge is -2.01. The van der Waals surface area contributed by atoms with Crippen LogP contribution in [-0.4, -0.2) is 20.0 Å². The summed E-state index contributed by atoms with van der Waals surface area (Å²) < 4.78 is 2.34. The summed E-state index contributed by atoms with van der Waals surface area (Å²) in [6, 6.07) is 17.6. The number of amides is 1. The molecule has 2 aromatic carbocycles. The van der Waals surface area contributed by atoms with Crippen LogP contribution in [0.1, 0.15) is 11.1 Å². The zero-order chi connectivity index (χ0) is 18.8. The van der Waals surface area contributed by atoms with E-state index >= 15 is 0 Å². The highest BCUT2D eigenvalue weighted by atomic mass is 35.5. The number of thiocarbonyl (C=S) groups is 1. The van der Waals surface area contributed by atoms with Crippen LogP contribution in [0.25, 0.3) is 17.3 Å². The van der Waals surface area contributed by atoms with Gasteiger partial charge in [-0.05, 0) is 23.8 Å². The first-order valence-electron chi connectivity index (χ1n) is 8.21. The quantitative estimate of drug-likeness (QED) is 0.497. The van der Waals surface area contributed by atoms with Gasteiger partial charge in [-0.15, -0.1) is 0 Å². The molecule has 1 saturated heterocycles. The summed E-state index contributed by atoms with van der Waals surface area (Å²) in [5.74, 6) is -0.178. The molecule has 0 radical (unpaired) electrons. The van der Waals surface area contributed by atoms with E-state index in [1.807, 2.05) is 59.4 Å². The molecule has 1 aromatic heterocycles. The number of carbonyl (C=O) groups excluding carboxylic acids is 1. The van der Waals surface area contributed by atoms with Gasteiger partial charge in [0, 0.05) is 22.3 Å². The second-order valence-corrected chi connectivity index (χ2v) is 8.13. The van der Waals surface area contributed by atoms with Crippen LogP contribution in [0.15, 0.2) is 65.7 Å². The number of aromatic nitrogens is 2. The van der Waals surface area contributed by atoms with Crippen LogP contribution in [0.4, 0.5) is 0 Å². The molecule has 4 rings (SSSR count). The second kappa shape index (κ2) is 7.68. The molecular formula is C20H14ClN3OS2. The fourth-order valence-electron chi connectivity index (χ4n) is 2.79. The Morgan fingerprint density at radius 2 is 1.89 bits per heavy atom. The summed E-state index contributed by atoms with van der Waals surface area (Å²) in [6.45, 7) is 0.641. The van der Waals surface area contributed by atoms with Crippen molar-refractivity contribution < 1.29 is 4.79 Å². The van der Waals surface area contributed by atoms with E-state index in [9.17, 15) is 4.79 Å². The second-order valence-electron chi connectivity index (χ2n) is 5.98. The number of carbonyl (C=O) groups is 1. The molecule has 0 unspecified atom stereocenters. The van der Waals surface area contributed by atoms with E-state index in [4.69, 9.17) is 28.9 Å². The number of hydrogen-bond donors (Lipinski definition) is 1. The molecule has 1 N–H and O–H groups in total. The maximum absolute atomic E-state index is 12.0. The predicted octanol–water partition coefficient (Wildman–Crippen LogP) is 4.74. The van der Waals surface area contributed by atoms with Crippen molar-refractivity contribution in [2.75, 3.05) is 0 Å². The third-order valence-electron chi connectivity index (χ3n) is 4.02. The standard InChI is InChI=1S/C20H14ClN3OS2/c21-16-8-6-14(7-9-16)18-15(10-17-19(25)22-20(26)27-17)12-24(23-18)11-13-4-2-1-3-5-13/h1-10,12H,11H2,(H,22,25,26)/b17-10-. The van der Waals surface area contributed by atoms with Gasteiger partial charge in [0.25, 0.3) is 5.91 Å². The van der Waals surface area contributed by atoms with Crippen LogP contribution in [0.5, 0.6) is 0 Å². The van der Waals surface area contributed by atoms with E-state index < -0.39 is 0 Å². The Labute approximate surface area is 171 Å². The van der Waals surface area contributed by atoms with E-state index in [0.717, 1.165) is 22.4 Å². The largest absolute Gasteiger partial charge is 0.307 e. The highest BCUT2D eigenvalue weighted by molar-refractivity contribution is 8.26. The van der Waals surface area contributed by atoms with Gasteiger partial charge in [-0.1, -0.05) is 78.0 Å². The Kier molecular flexibility index (Phi) is 5.11. The Morgan fingerprint density at radius 1 is 1.15 bits per heavy atom. The summed E-state index contributed by atoms with van der Waals surface area (Å²) in [5, 5.41) is 8.05. The van der Waals surface area contributed by atoms with Crippen molar-refractivity contribution >= 4 is 51.9 Å². The first-order valence-corrected chi connectivity index (χ1v) is 9.81. The summed E-state index contributed by atoms with van der Waals surface area (Å²) in [7, 11) is 0. The Bertz CT molecular complexity index is 1040. The molecule has 27 heavy (non-hydrogen) atoms. The number of benzene rings is 2. The Morgan fingerprint density at radius 3 is 2.56 bits per heavy atom. The van der Waals surface area contributed by atoms with Gasteiger partial charge < -0.3 is 5.32 Å². The molecule has 0 spiro atoms. The molecule has 2 heterocycles. The van der Waals surface area contributed by atoms with Gasteiger partial charge in [0.1, 0.15) is 4.32 Å². The first-order chi connectivity index (χ1) is 13.1. The molecule has 7 heteroatoms. The lowest BCUT2D eigenvalue weighted by molar-refractivity contribution is -0.115. The van der Waals surface area contributed by atoms with Crippen molar-refractivity contribution in [3.63, 3.8) is 0 Å². The molecule has 0 aliphatic carbocycles. The van der Waals surface area contributed by atoms with Gasteiger partial charge in [0.15, 0.2) is 0 Å². The van der Waals surface area contributed by atoms with Crippen molar-refractivity contribution in [2.45, 2.75) is 6.54 Å². The summed E-state index contributed by atoms with van der Waals surface area (Å²) in [6.07, 6.45) is 3.77. The van der Waals surface area contributed by atoms with Gasteiger partial charge in [-0.25, -0.2) is 0 Å². The summed E-state index contributed by atoms with van der Waals surface area (Å²) >= 11 is 12.4. The summed E-state index contributed by atoms with van der Waals surface area (Å²) in [4.78, 5) is 12.6. The monoisotopic (exact) mass is 411 g/mol. The SMILES string of the molecule is O=C1NC(=S)S/C1=C\c1cn(Cc2ccccc2)nc1-c1ccc(Cl)cc1. The van der Waals surface area contributed by atoms with Crippen LogP contribution in [-0.2, 0) is 11.3 Å². The lowest BCUT2D eigenvalue weighted by Crippen LogP contribution is -2.17. The third kappa shape index (κ3) is 4.13. The topological polar surface area (TPSA) is 46.9 Å². The van der Waals surface area contributed by atoms with Crippen molar-refractivity contribution in [3.8, 4) is 11.3 Å². The van der Waals surface area contributed by atoms with Crippen molar-refractivity contribution in [2.24, 2.45) is 0 Å². The van der Waals surface area contributed by atoms with E-state index in [2.05, 4.69) is 17.4 Å². The predicted molar refractivity (Wildman–Crippen MR) is 115 cm³/mol. The van der Waals surface area contributed by atoms with Crippen LogP contribution < -0.4 is 5.32 Å².